The van der Waals surface area contributed by atoms with E-state index < -0.39 is 7.60 Å². The molecule has 0 heterocycles. The molecule has 0 radical (unpaired) electrons. The molecule has 0 aliphatic rings. The molecule has 0 aliphatic heterocycles. The third-order valence-electron chi connectivity index (χ3n) is 1.91. The SMILES string of the molecule is C=CC(=O)c1ccc(P(=O)(O)OC)cc1. The van der Waals surface area contributed by atoms with Gasteiger partial charge in [0.05, 0.1) is 5.30 Å². The van der Waals surface area contributed by atoms with Crippen molar-refractivity contribution in [1.29, 1.82) is 0 Å². The molecule has 0 saturated carbocycles. The summed E-state index contributed by atoms with van der Waals surface area (Å²) in [5, 5.41) is 0.158. The third kappa shape index (κ3) is 2.63. The van der Waals surface area contributed by atoms with Crippen LogP contribution in [-0.2, 0) is 9.09 Å². The van der Waals surface area contributed by atoms with Crippen LogP contribution in [0, 0.1) is 0 Å². The number of ketones is 1. The van der Waals surface area contributed by atoms with Crippen molar-refractivity contribution in [2.45, 2.75) is 0 Å². The van der Waals surface area contributed by atoms with Crippen molar-refractivity contribution in [3.8, 4) is 0 Å². The number of allylic oxidation sites excluding steroid dienone is 1. The molecule has 80 valence electrons. The maximum absolute atomic E-state index is 11.4. The smallest absolute Gasteiger partial charge is 0.321 e. The highest BCUT2D eigenvalue weighted by Gasteiger charge is 2.20. The molecular formula is C10H11O4P. The Balaban J connectivity index is 3.05. The molecule has 1 atom stereocenters. The third-order valence-corrected chi connectivity index (χ3v) is 3.36. The van der Waals surface area contributed by atoms with Gasteiger partial charge in [0.2, 0.25) is 0 Å². The standard InChI is InChI=1S/C10H11O4P/c1-3-10(11)8-4-6-9(7-5-8)15(12,13)14-2/h3-7H,1H2,2H3,(H,12,13). The monoisotopic (exact) mass is 226 g/mol. The molecule has 1 aromatic carbocycles. The Labute approximate surface area is 87.7 Å². The van der Waals surface area contributed by atoms with Crippen molar-refractivity contribution in [3.63, 3.8) is 0 Å². The largest absolute Gasteiger partial charge is 0.358 e. The van der Waals surface area contributed by atoms with Crippen LogP contribution in [0.5, 0.6) is 0 Å². The predicted molar refractivity (Wildman–Crippen MR) is 57.4 cm³/mol. The van der Waals surface area contributed by atoms with Gasteiger partial charge < -0.3 is 9.42 Å². The summed E-state index contributed by atoms with van der Waals surface area (Å²) in [4.78, 5) is 20.5. The van der Waals surface area contributed by atoms with E-state index in [0.29, 0.717) is 5.56 Å². The number of rotatable bonds is 4. The Hall–Kier alpha value is -1.22. The summed E-state index contributed by atoms with van der Waals surface area (Å²) in [6.45, 7) is 3.35. The maximum Gasteiger partial charge on any atom is 0.358 e. The van der Waals surface area contributed by atoms with Gasteiger partial charge in [0, 0.05) is 12.7 Å². The van der Waals surface area contributed by atoms with Crippen LogP contribution in [0.4, 0.5) is 0 Å². The first-order valence-electron chi connectivity index (χ1n) is 4.17. The van der Waals surface area contributed by atoms with E-state index in [1.165, 1.54) is 30.3 Å². The normalized spacial score (nSPS) is 14.3. The van der Waals surface area contributed by atoms with Crippen LogP contribution in [0.15, 0.2) is 36.9 Å². The fraction of sp³-hybridized carbons (Fsp3) is 0.100. The number of hydrogen-bond donors (Lipinski definition) is 1. The van der Waals surface area contributed by atoms with E-state index in [1.807, 2.05) is 0 Å². The first-order chi connectivity index (χ1) is 7.01. The Morgan fingerprint density at radius 2 is 2.00 bits per heavy atom. The van der Waals surface area contributed by atoms with Crippen LogP contribution in [0.1, 0.15) is 10.4 Å². The van der Waals surface area contributed by atoms with Gasteiger partial charge in [0.15, 0.2) is 5.78 Å². The number of benzene rings is 1. The second-order valence-corrected chi connectivity index (χ2v) is 4.74. The summed E-state index contributed by atoms with van der Waals surface area (Å²) >= 11 is 0. The Bertz CT molecular complexity index is 422. The average molecular weight is 226 g/mol. The van der Waals surface area contributed by atoms with Crippen LogP contribution in [-0.4, -0.2) is 17.8 Å². The zero-order valence-electron chi connectivity index (χ0n) is 8.21. The maximum atomic E-state index is 11.4. The average Bonchev–Trinajstić information content (AvgIpc) is 2.28. The lowest BCUT2D eigenvalue weighted by atomic mass is 10.1. The lowest BCUT2D eigenvalue weighted by Crippen LogP contribution is -2.06. The summed E-state index contributed by atoms with van der Waals surface area (Å²) in [6, 6.07) is 5.70. The van der Waals surface area contributed by atoms with Crippen LogP contribution >= 0.6 is 7.60 Å². The highest BCUT2D eigenvalue weighted by Crippen LogP contribution is 2.39. The second kappa shape index (κ2) is 4.53. The van der Waals surface area contributed by atoms with E-state index in [0.717, 1.165) is 7.11 Å². The first kappa shape index (κ1) is 11.9. The van der Waals surface area contributed by atoms with Crippen LogP contribution in [0.3, 0.4) is 0 Å². The second-order valence-electron chi connectivity index (χ2n) is 2.82. The Kier molecular flexibility index (Phi) is 3.58. The molecule has 0 saturated heterocycles. The van der Waals surface area contributed by atoms with Gasteiger partial charge in [-0.05, 0) is 18.2 Å². The molecule has 4 nitrogen and oxygen atoms in total. The molecule has 5 heteroatoms. The van der Waals surface area contributed by atoms with E-state index in [9.17, 15) is 14.3 Å². The van der Waals surface area contributed by atoms with Gasteiger partial charge >= 0.3 is 7.60 Å². The van der Waals surface area contributed by atoms with Crippen molar-refractivity contribution in [3.05, 3.63) is 42.5 Å². The lowest BCUT2D eigenvalue weighted by Gasteiger charge is -2.08. The summed E-state index contributed by atoms with van der Waals surface area (Å²) in [5.41, 5.74) is 0.421. The molecule has 1 unspecified atom stereocenters. The van der Waals surface area contributed by atoms with Crippen molar-refractivity contribution in [2.75, 3.05) is 7.11 Å². The van der Waals surface area contributed by atoms with E-state index >= 15 is 0 Å². The van der Waals surface area contributed by atoms with E-state index in [1.54, 1.807) is 0 Å². The molecule has 15 heavy (non-hydrogen) atoms. The zero-order valence-corrected chi connectivity index (χ0v) is 9.11. The predicted octanol–water partition coefficient (Wildman–Crippen LogP) is 1.51. The highest BCUT2D eigenvalue weighted by molar-refractivity contribution is 7.61. The fourth-order valence-corrected chi connectivity index (χ4v) is 1.77. The van der Waals surface area contributed by atoms with Gasteiger partial charge in [-0.3, -0.25) is 9.36 Å². The van der Waals surface area contributed by atoms with Crippen LogP contribution < -0.4 is 5.30 Å². The minimum Gasteiger partial charge on any atom is -0.321 e. The molecule has 0 fully saturated rings. The zero-order chi connectivity index (χ0) is 11.5. The van der Waals surface area contributed by atoms with Gasteiger partial charge in [0.1, 0.15) is 0 Å². The molecule has 1 aromatic rings. The topological polar surface area (TPSA) is 63.6 Å². The molecule has 0 aromatic heterocycles. The summed E-state index contributed by atoms with van der Waals surface area (Å²) in [5.74, 6) is -0.230. The Morgan fingerprint density at radius 3 is 2.40 bits per heavy atom. The quantitative estimate of drug-likeness (QED) is 0.480. The minimum atomic E-state index is -3.72. The fourth-order valence-electron chi connectivity index (χ4n) is 1.04. The molecule has 1 N–H and O–H groups in total. The van der Waals surface area contributed by atoms with Crippen molar-refractivity contribution in [2.24, 2.45) is 0 Å². The van der Waals surface area contributed by atoms with Gasteiger partial charge in [0.25, 0.3) is 0 Å². The molecule has 1 rings (SSSR count). The van der Waals surface area contributed by atoms with E-state index in [2.05, 4.69) is 11.1 Å². The summed E-state index contributed by atoms with van der Waals surface area (Å²) in [7, 11) is -2.57. The lowest BCUT2D eigenvalue weighted by molar-refractivity contribution is 0.104. The highest BCUT2D eigenvalue weighted by atomic mass is 31.2. The van der Waals surface area contributed by atoms with Crippen LogP contribution in [0.25, 0.3) is 0 Å². The summed E-state index contributed by atoms with van der Waals surface area (Å²) < 4.78 is 15.8. The molecule has 0 spiro atoms. The Morgan fingerprint density at radius 1 is 1.47 bits per heavy atom. The number of hydrogen-bond acceptors (Lipinski definition) is 3. The van der Waals surface area contributed by atoms with E-state index in [-0.39, 0.29) is 11.1 Å². The van der Waals surface area contributed by atoms with Crippen LogP contribution in [0.2, 0.25) is 0 Å². The number of carbonyl (C=O) groups excluding carboxylic acids is 1. The molecule has 0 bridgehead atoms. The first-order valence-corrected chi connectivity index (χ1v) is 5.75. The van der Waals surface area contributed by atoms with Gasteiger partial charge in [-0.25, -0.2) is 0 Å². The van der Waals surface area contributed by atoms with Crippen molar-refractivity contribution >= 4 is 18.7 Å². The van der Waals surface area contributed by atoms with Crippen molar-refractivity contribution < 1.29 is 18.8 Å². The van der Waals surface area contributed by atoms with Crippen molar-refractivity contribution in [1.82, 2.24) is 0 Å². The molecule has 0 aliphatic carbocycles. The van der Waals surface area contributed by atoms with Gasteiger partial charge in [-0.15, -0.1) is 0 Å². The van der Waals surface area contributed by atoms with Gasteiger partial charge in [-0.1, -0.05) is 18.7 Å². The van der Waals surface area contributed by atoms with Gasteiger partial charge in [-0.2, -0.15) is 0 Å². The summed E-state index contributed by atoms with van der Waals surface area (Å²) in [6.07, 6.45) is 1.18. The minimum absolute atomic E-state index is 0.158. The molecular weight excluding hydrogens is 215 g/mol. The number of carbonyl (C=O) groups is 1. The van der Waals surface area contributed by atoms with E-state index in [4.69, 9.17) is 0 Å². The molecule has 0 amide bonds.